The molecule has 1 N–H and O–H groups in total. The third kappa shape index (κ3) is 8.35. The van der Waals surface area contributed by atoms with Gasteiger partial charge in [-0.3, -0.25) is 4.79 Å². The van der Waals surface area contributed by atoms with Gasteiger partial charge in [0.05, 0.1) is 13.0 Å². The quantitative estimate of drug-likeness (QED) is 0.641. The minimum Gasteiger partial charge on any atom is -0.406 e. The van der Waals surface area contributed by atoms with E-state index >= 15 is 0 Å². The maximum atomic E-state index is 11.9. The molecule has 1 aromatic rings. The number of hydrogen-bond acceptors (Lipinski definition) is 3. The number of hydrogen-bond donors (Lipinski definition) is 1. The number of carbonyl (C=O) groups is 1. The highest BCUT2D eigenvalue weighted by Gasteiger charge is 2.31. The van der Waals surface area contributed by atoms with E-state index in [9.17, 15) is 31.1 Å². The van der Waals surface area contributed by atoms with Gasteiger partial charge in [-0.15, -0.1) is 13.2 Å². The van der Waals surface area contributed by atoms with Gasteiger partial charge in [-0.25, -0.2) is 0 Å². The van der Waals surface area contributed by atoms with Gasteiger partial charge >= 0.3 is 12.5 Å². The minimum absolute atomic E-state index is 0.176. The first kappa shape index (κ1) is 18.1. The summed E-state index contributed by atoms with van der Waals surface area (Å²) in [6.07, 6.45) is -9.61. The van der Waals surface area contributed by atoms with Gasteiger partial charge in [-0.2, -0.15) is 13.2 Å². The smallest absolute Gasteiger partial charge is 0.406 e. The Labute approximate surface area is 121 Å². The summed E-state index contributed by atoms with van der Waals surface area (Å²) in [5.41, 5.74) is 0.176. The Morgan fingerprint density at radius 1 is 1.05 bits per heavy atom. The Morgan fingerprint density at radius 2 is 1.64 bits per heavy atom. The van der Waals surface area contributed by atoms with Crippen LogP contribution in [0.4, 0.5) is 32.0 Å². The van der Waals surface area contributed by atoms with Crippen LogP contribution >= 0.6 is 0 Å². The van der Waals surface area contributed by atoms with Crippen molar-refractivity contribution in [1.29, 1.82) is 0 Å². The topological polar surface area (TPSA) is 47.6 Å². The number of alkyl halides is 6. The van der Waals surface area contributed by atoms with Crippen LogP contribution in [0, 0.1) is 0 Å². The van der Waals surface area contributed by atoms with Crippen LogP contribution < -0.4 is 10.1 Å². The van der Waals surface area contributed by atoms with Crippen LogP contribution in [-0.2, 0) is 9.53 Å². The van der Waals surface area contributed by atoms with Gasteiger partial charge in [0.2, 0.25) is 5.91 Å². The standard InChI is InChI=1S/C12H11F6NO3/c13-11(14,15)7-21-6-5-10(20)19-8-1-3-9(4-2-8)22-12(16,17)18/h1-4H,5-7H2,(H,19,20). The number of ether oxygens (including phenoxy) is 2. The molecule has 0 aliphatic carbocycles. The molecule has 0 heterocycles. The number of benzene rings is 1. The van der Waals surface area contributed by atoms with E-state index in [1.54, 1.807) is 0 Å². The van der Waals surface area contributed by atoms with Crippen LogP contribution in [0.15, 0.2) is 24.3 Å². The summed E-state index contributed by atoms with van der Waals surface area (Å²) in [6.45, 7) is -1.88. The fourth-order valence-corrected chi connectivity index (χ4v) is 1.32. The number of rotatable bonds is 6. The van der Waals surface area contributed by atoms with E-state index in [1.165, 1.54) is 0 Å². The highest BCUT2D eigenvalue weighted by Crippen LogP contribution is 2.24. The molecule has 0 unspecified atom stereocenters. The van der Waals surface area contributed by atoms with Gasteiger partial charge in [-0.1, -0.05) is 0 Å². The SMILES string of the molecule is O=C(CCOCC(F)(F)F)Nc1ccc(OC(F)(F)F)cc1. The van der Waals surface area contributed by atoms with Gasteiger partial charge in [0.15, 0.2) is 0 Å². The Morgan fingerprint density at radius 3 is 2.14 bits per heavy atom. The third-order valence-electron chi connectivity index (χ3n) is 2.11. The number of anilines is 1. The van der Waals surface area contributed by atoms with Crippen molar-refractivity contribution in [3.8, 4) is 5.75 Å². The second kappa shape index (κ2) is 7.34. The third-order valence-corrected chi connectivity index (χ3v) is 2.11. The highest BCUT2D eigenvalue weighted by molar-refractivity contribution is 5.90. The maximum Gasteiger partial charge on any atom is 0.573 e. The van der Waals surface area contributed by atoms with E-state index in [-0.39, 0.29) is 12.1 Å². The molecular formula is C12H11F6NO3. The van der Waals surface area contributed by atoms with E-state index < -0.39 is 37.4 Å². The van der Waals surface area contributed by atoms with Crippen molar-refractivity contribution < 1.29 is 40.6 Å². The Balaban J connectivity index is 2.36. The van der Waals surface area contributed by atoms with Gasteiger partial charge in [0, 0.05) is 5.69 Å². The molecule has 0 bridgehead atoms. The first-order valence-electron chi connectivity index (χ1n) is 5.85. The summed E-state index contributed by atoms with van der Waals surface area (Å²) in [5.74, 6) is -1.09. The minimum atomic E-state index is -4.82. The number of carbonyl (C=O) groups excluding carboxylic acids is 1. The van der Waals surface area contributed by atoms with Crippen molar-refractivity contribution in [3.05, 3.63) is 24.3 Å². The first-order chi connectivity index (χ1) is 10.1. The first-order valence-corrected chi connectivity index (χ1v) is 5.85. The Kier molecular flexibility index (Phi) is 6.03. The predicted octanol–water partition coefficient (Wildman–Crippen LogP) is 3.49. The molecule has 0 spiro atoms. The fraction of sp³-hybridized carbons (Fsp3) is 0.417. The van der Waals surface area contributed by atoms with E-state index in [0.29, 0.717) is 0 Å². The Bertz CT molecular complexity index is 483. The zero-order valence-corrected chi connectivity index (χ0v) is 10.9. The number of amides is 1. The lowest BCUT2D eigenvalue weighted by Gasteiger charge is -2.10. The molecule has 22 heavy (non-hydrogen) atoms. The molecule has 1 amide bonds. The van der Waals surface area contributed by atoms with Gasteiger partial charge in [0.25, 0.3) is 0 Å². The summed E-state index contributed by atoms with van der Waals surface area (Å²) >= 11 is 0. The lowest BCUT2D eigenvalue weighted by molar-refractivity contribution is -0.274. The molecule has 0 saturated heterocycles. The number of halogens is 6. The lowest BCUT2D eigenvalue weighted by Crippen LogP contribution is -2.20. The molecule has 0 aromatic heterocycles. The average Bonchev–Trinajstić information content (AvgIpc) is 2.34. The van der Waals surface area contributed by atoms with E-state index in [1.807, 2.05) is 0 Å². The van der Waals surface area contributed by atoms with E-state index in [4.69, 9.17) is 0 Å². The zero-order chi connectivity index (χ0) is 16.8. The monoisotopic (exact) mass is 331 g/mol. The second-order valence-corrected chi connectivity index (χ2v) is 4.04. The molecule has 0 saturated carbocycles. The lowest BCUT2D eigenvalue weighted by atomic mass is 10.3. The normalized spacial score (nSPS) is 12.1. The molecule has 0 radical (unpaired) electrons. The van der Waals surface area contributed by atoms with Crippen LogP contribution in [0.3, 0.4) is 0 Å². The second-order valence-electron chi connectivity index (χ2n) is 4.04. The molecule has 1 aromatic carbocycles. The molecule has 1 rings (SSSR count). The number of nitrogens with one attached hydrogen (secondary N) is 1. The van der Waals surface area contributed by atoms with Crippen molar-refractivity contribution in [1.82, 2.24) is 0 Å². The molecule has 124 valence electrons. The van der Waals surface area contributed by atoms with Gasteiger partial charge < -0.3 is 14.8 Å². The van der Waals surface area contributed by atoms with Crippen molar-refractivity contribution >= 4 is 11.6 Å². The Hall–Kier alpha value is -1.97. The van der Waals surface area contributed by atoms with Crippen LogP contribution in [0.25, 0.3) is 0 Å². The van der Waals surface area contributed by atoms with Crippen molar-refractivity contribution in [2.45, 2.75) is 19.0 Å². The van der Waals surface area contributed by atoms with Crippen LogP contribution in [0.2, 0.25) is 0 Å². The van der Waals surface area contributed by atoms with Crippen molar-refractivity contribution in [2.24, 2.45) is 0 Å². The molecule has 4 nitrogen and oxygen atoms in total. The van der Waals surface area contributed by atoms with Crippen molar-refractivity contribution in [2.75, 3.05) is 18.5 Å². The largest absolute Gasteiger partial charge is 0.573 e. The predicted molar refractivity (Wildman–Crippen MR) is 63.2 cm³/mol. The van der Waals surface area contributed by atoms with Crippen LogP contribution in [-0.4, -0.2) is 31.7 Å². The van der Waals surface area contributed by atoms with Crippen LogP contribution in [0.1, 0.15) is 6.42 Å². The summed E-state index contributed by atoms with van der Waals surface area (Å²) in [6, 6.07) is 4.30. The molecule has 0 aliphatic heterocycles. The van der Waals surface area contributed by atoms with Gasteiger partial charge in [-0.05, 0) is 24.3 Å². The molecule has 0 atom stereocenters. The molecule has 0 fully saturated rings. The summed E-state index contributed by atoms with van der Waals surface area (Å²) in [4.78, 5) is 11.4. The summed E-state index contributed by atoms with van der Waals surface area (Å²) in [7, 11) is 0. The van der Waals surface area contributed by atoms with E-state index in [0.717, 1.165) is 24.3 Å². The van der Waals surface area contributed by atoms with Crippen molar-refractivity contribution in [3.63, 3.8) is 0 Å². The summed E-state index contributed by atoms with van der Waals surface area (Å²) < 4.78 is 78.9. The average molecular weight is 331 g/mol. The van der Waals surface area contributed by atoms with Gasteiger partial charge in [0.1, 0.15) is 12.4 Å². The highest BCUT2D eigenvalue weighted by atomic mass is 19.4. The molecule has 0 aliphatic rings. The molecule has 10 heteroatoms. The van der Waals surface area contributed by atoms with Crippen LogP contribution in [0.5, 0.6) is 5.75 Å². The summed E-state index contributed by atoms with van der Waals surface area (Å²) in [5, 5.41) is 2.29. The maximum absolute atomic E-state index is 11.9. The van der Waals surface area contributed by atoms with E-state index in [2.05, 4.69) is 14.8 Å². The zero-order valence-electron chi connectivity index (χ0n) is 10.9. The molecular weight excluding hydrogens is 320 g/mol. The fourth-order valence-electron chi connectivity index (χ4n) is 1.32.